The Morgan fingerprint density at radius 1 is 1.42 bits per heavy atom. The van der Waals surface area contributed by atoms with Gasteiger partial charge in [-0.25, -0.2) is 0 Å². The summed E-state index contributed by atoms with van der Waals surface area (Å²) in [7, 11) is 1.59. The minimum atomic E-state index is -0.938. The van der Waals surface area contributed by atoms with Gasteiger partial charge in [-0.2, -0.15) is 5.26 Å². The summed E-state index contributed by atoms with van der Waals surface area (Å²) < 4.78 is 5.58. The van der Waals surface area contributed by atoms with Crippen LogP contribution in [0.5, 0.6) is 5.75 Å². The zero-order valence-corrected chi connectivity index (χ0v) is 14.8. The van der Waals surface area contributed by atoms with Crippen LogP contribution in [0.4, 0.5) is 5.69 Å². The van der Waals surface area contributed by atoms with E-state index >= 15 is 0 Å². The molecule has 2 rings (SSSR count). The second-order valence-electron chi connectivity index (χ2n) is 6.46. The summed E-state index contributed by atoms with van der Waals surface area (Å²) in [5, 5.41) is 20.4. The zero-order chi connectivity index (χ0) is 19.3. The van der Waals surface area contributed by atoms with Crippen LogP contribution in [-0.2, 0) is 4.79 Å². The van der Waals surface area contributed by atoms with Crippen LogP contribution in [0.1, 0.15) is 49.4 Å². The quantitative estimate of drug-likeness (QED) is 0.438. The van der Waals surface area contributed by atoms with Crippen LogP contribution < -0.4 is 4.74 Å². The molecule has 0 radical (unpaired) electrons. The highest BCUT2D eigenvalue weighted by molar-refractivity contribution is 5.84. The minimum Gasteiger partial charge on any atom is -0.480 e. The number of hydrogen-bond donors (Lipinski definition) is 0. The lowest BCUT2D eigenvalue weighted by Gasteiger charge is -2.40. The van der Waals surface area contributed by atoms with Crippen molar-refractivity contribution in [3.63, 3.8) is 0 Å². The van der Waals surface area contributed by atoms with Crippen LogP contribution in [0, 0.1) is 21.4 Å². The predicted octanol–water partition coefficient (Wildman–Crippen LogP) is 2.86. The summed E-state index contributed by atoms with van der Waals surface area (Å²) in [5.74, 6) is -0.279. The summed E-state index contributed by atoms with van der Waals surface area (Å²) in [5.41, 5.74) is -1.08. The normalized spacial score (nSPS) is 16.8. The van der Waals surface area contributed by atoms with Crippen LogP contribution in [0.25, 0.3) is 0 Å². The molecule has 1 aromatic rings. The van der Waals surface area contributed by atoms with Crippen molar-refractivity contribution in [2.24, 2.45) is 0 Å². The largest absolute Gasteiger partial charge is 0.480 e. The Bertz CT molecular complexity index is 750. The average Bonchev–Trinajstić information content (AvgIpc) is 2.67. The second-order valence-corrected chi connectivity index (χ2v) is 6.46. The number of carbonyl (C=O) groups is 2. The van der Waals surface area contributed by atoms with Gasteiger partial charge in [0.05, 0.1) is 16.6 Å². The number of ether oxygens (including phenoxy) is 1. The summed E-state index contributed by atoms with van der Waals surface area (Å²) in [6.07, 6.45) is 3.57. The van der Waals surface area contributed by atoms with Crippen LogP contribution in [0.2, 0.25) is 0 Å². The summed E-state index contributed by atoms with van der Waals surface area (Å²) in [6.45, 7) is 1.53. The molecule has 0 bridgehead atoms. The molecule has 1 aliphatic carbocycles. The van der Waals surface area contributed by atoms with Crippen molar-refractivity contribution >= 4 is 17.9 Å². The van der Waals surface area contributed by atoms with Crippen molar-refractivity contribution in [1.29, 1.82) is 5.26 Å². The van der Waals surface area contributed by atoms with Gasteiger partial charge in [0.25, 0.3) is 11.6 Å². The third kappa shape index (κ3) is 3.82. The molecule has 0 aliphatic heterocycles. The minimum absolute atomic E-state index is 0.00540. The van der Waals surface area contributed by atoms with Crippen molar-refractivity contribution < 1.29 is 19.2 Å². The van der Waals surface area contributed by atoms with Gasteiger partial charge in [-0.15, -0.1) is 0 Å². The van der Waals surface area contributed by atoms with E-state index < -0.39 is 16.6 Å². The number of rotatable bonds is 6. The van der Waals surface area contributed by atoms with E-state index in [1.54, 1.807) is 7.05 Å². The first kappa shape index (κ1) is 19.4. The number of carbonyl (C=O) groups excluding carboxylic acids is 2. The van der Waals surface area contributed by atoms with Crippen LogP contribution >= 0.6 is 0 Å². The van der Waals surface area contributed by atoms with E-state index in [0.717, 1.165) is 25.3 Å². The molecule has 0 aromatic heterocycles. The summed E-state index contributed by atoms with van der Waals surface area (Å²) in [6, 6.07) is 5.88. The van der Waals surface area contributed by atoms with Crippen molar-refractivity contribution in [2.75, 3.05) is 7.05 Å². The number of likely N-dealkylation sites (N-methyl/N-ethyl adjacent to an activating group) is 1. The molecule has 1 fully saturated rings. The van der Waals surface area contributed by atoms with E-state index in [2.05, 4.69) is 6.07 Å². The number of nitrogens with zero attached hydrogens (tertiary/aromatic N) is 3. The molecule has 0 spiro atoms. The highest BCUT2D eigenvalue weighted by atomic mass is 16.6. The number of nitro groups is 1. The fraction of sp³-hybridized carbons (Fsp3) is 0.500. The van der Waals surface area contributed by atoms with Gasteiger partial charge in [0.15, 0.2) is 12.4 Å². The van der Waals surface area contributed by atoms with E-state index in [9.17, 15) is 25.0 Å². The van der Waals surface area contributed by atoms with Gasteiger partial charge < -0.3 is 9.64 Å². The number of nitro benzene ring substituents is 1. The average molecular weight is 359 g/mol. The number of hydrogen-bond acceptors (Lipinski definition) is 6. The lowest BCUT2D eigenvalue weighted by Crippen LogP contribution is -2.53. The van der Waals surface area contributed by atoms with E-state index in [1.165, 1.54) is 24.0 Å². The monoisotopic (exact) mass is 359 g/mol. The van der Waals surface area contributed by atoms with E-state index in [-0.39, 0.29) is 22.9 Å². The Hall–Kier alpha value is -2.95. The number of non-ortho nitro benzene ring substituents is 1. The van der Waals surface area contributed by atoms with Crippen LogP contribution in [-0.4, -0.2) is 40.7 Å². The topological polar surface area (TPSA) is 114 Å². The van der Waals surface area contributed by atoms with Crippen LogP contribution in [0.3, 0.4) is 0 Å². The Balaban J connectivity index is 2.17. The van der Waals surface area contributed by atoms with Gasteiger partial charge in [0.2, 0.25) is 0 Å². The van der Waals surface area contributed by atoms with Crippen molar-refractivity contribution in [3.8, 4) is 11.8 Å². The Kier molecular flexibility index (Phi) is 5.93. The van der Waals surface area contributed by atoms with E-state index in [1.807, 2.05) is 0 Å². The fourth-order valence-corrected chi connectivity index (χ4v) is 3.23. The lowest BCUT2D eigenvalue weighted by atomic mass is 9.81. The molecule has 1 aliphatic rings. The van der Waals surface area contributed by atoms with E-state index in [0.29, 0.717) is 19.1 Å². The molecule has 0 saturated heterocycles. The standard InChI is InChI=1S/C18H21N3O5/c1-13(17(23)20(2)18(12-19)8-4-3-5-9-18)26-16-7-6-15(21(24)25)10-14(16)11-22/h6-7,10-11,13H,3-5,8-9H2,1-2H3/t13-/m0/s1. The smallest absolute Gasteiger partial charge is 0.270 e. The molecular weight excluding hydrogens is 338 g/mol. The highest BCUT2D eigenvalue weighted by Gasteiger charge is 2.40. The van der Waals surface area contributed by atoms with Crippen LogP contribution in [0.15, 0.2) is 18.2 Å². The van der Waals surface area contributed by atoms with Gasteiger partial charge in [-0.3, -0.25) is 19.7 Å². The van der Waals surface area contributed by atoms with Crippen molar-refractivity contribution in [2.45, 2.75) is 50.7 Å². The molecule has 1 saturated carbocycles. The molecular formula is C18H21N3O5. The Labute approximate surface area is 151 Å². The van der Waals surface area contributed by atoms with Gasteiger partial charge in [-0.1, -0.05) is 19.3 Å². The molecule has 0 heterocycles. The van der Waals surface area contributed by atoms with Gasteiger partial charge in [0.1, 0.15) is 11.3 Å². The number of aldehydes is 1. The first-order valence-electron chi connectivity index (χ1n) is 8.44. The SMILES string of the molecule is C[C@H](Oc1ccc([N+](=O)[O-])cc1C=O)C(=O)N(C)C1(C#N)CCCCC1. The fourth-order valence-electron chi connectivity index (χ4n) is 3.23. The maximum Gasteiger partial charge on any atom is 0.270 e. The molecule has 1 aromatic carbocycles. The van der Waals surface area contributed by atoms with Crippen molar-refractivity contribution in [1.82, 2.24) is 4.90 Å². The first-order valence-corrected chi connectivity index (χ1v) is 8.44. The van der Waals surface area contributed by atoms with Gasteiger partial charge >= 0.3 is 0 Å². The molecule has 8 heteroatoms. The molecule has 0 unspecified atom stereocenters. The third-order valence-electron chi connectivity index (χ3n) is 4.84. The summed E-state index contributed by atoms with van der Waals surface area (Å²) >= 11 is 0. The van der Waals surface area contributed by atoms with Gasteiger partial charge in [-0.05, 0) is 25.8 Å². The van der Waals surface area contributed by atoms with E-state index in [4.69, 9.17) is 4.74 Å². The first-order chi connectivity index (χ1) is 12.3. The molecule has 1 atom stereocenters. The molecule has 26 heavy (non-hydrogen) atoms. The lowest BCUT2D eigenvalue weighted by molar-refractivity contribution is -0.384. The second kappa shape index (κ2) is 7.95. The zero-order valence-electron chi connectivity index (χ0n) is 14.8. The number of amides is 1. The Morgan fingerprint density at radius 2 is 2.08 bits per heavy atom. The number of benzene rings is 1. The number of nitriles is 1. The maximum absolute atomic E-state index is 12.7. The Morgan fingerprint density at radius 3 is 2.62 bits per heavy atom. The molecule has 0 N–H and O–H groups in total. The summed E-state index contributed by atoms with van der Waals surface area (Å²) in [4.78, 5) is 35.6. The van der Waals surface area contributed by atoms with Crippen molar-refractivity contribution in [3.05, 3.63) is 33.9 Å². The highest BCUT2D eigenvalue weighted by Crippen LogP contribution is 2.33. The molecule has 8 nitrogen and oxygen atoms in total. The molecule has 138 valence electrons. The molecule has 1 amide bonds. The van der Waals surface area contributed by atoms with Gasteiger partial charge in [0, 0.05) is 19.2 Å². The predicted molar refractivity (Wildman–Crippen MR) is 92.8 cm³/mol. The maximum atomic E-state index is 12.7. The third-order valence-corrected chi connectivity index (χ3v) is 4.84.